The fraction of sp³-hybridized carbons (Fsp3) is 0.167. The van der Waals surface area contributed by atoms with E-state index in [4.69, 9.17) is 0 Å². The lowest BCUT2D eigenvalue weighted by molar-refractivity contribution is 0.147. The molecule has 0 radical (unpaired) electrons. The van der Waals surface area contributed by atoms with Crippen LogP contribution in [0.1, 0.15) is 0 Å². The molecule has 25 heavy (non-hydrogen) atoms. The molecule has 0 spiro atoms. The quantitative estimate of drug-likeness (QED) is 0.668. The molecular weight excluding hydrogens is 340 g/mol. The lowest BCUT2D eigenvalue weighted by Gasteiger charge is -2.52. The second kappa shape index (κ2) is 5.80. The van der Waals surface area contributed by atoms with Gasteiger partial charge >= 0.3 is 6.09 Å². The number of carbonyl (C=O) groups is 1. The van der Waals surface area contributed by atoms with Gasteiger partial charge in [-0.3, -0.25) is 13.4 Å². The summed E-state index contributed by atoms with van der Waals surface area (Å²) in [5, 5.41) is 9.29. The Bertz CT molecular complexity index is 868. The lowest BCUT2D eigenvalue weighted by atomic mass is 10.0. The van der Waals surface area contributed by atoms with E-state index in [1.807, 2.05) is 42.5 Å². The number of rotatable bonds is 1. The highest BCUT2D eigenvalue weighted by Gasteiger charge is 2.40. The topological polar surface area (TPSA) is 84.2 Å². The molecule has 0 fully saturated rings. The lowest BCUT2D eigenvalue weighted by Crippen LogP contribution is -2.49. The van der Waals surface area contributed by atoms with E-state index in [0.29, 0.717) is 17.1 Å². The van der Waals surface area contributed by atoms with Gasteiger partial charge in [0.1, 0.15) is 0 Å². The third kappa shape index (κ3) is 2.48. The van der Waals surface area contributed by atoms with E-state index in [1.165, 1.54) is 4.90 Å². The highest BCUT2D eigenvalue weighted by molar-refractivity contribution is 8.25. The van der Waals surface area contributed by atoms with Gasteiger partial charge in [0.25, 0.3) is 0 Å². The normalized spacial score (nSPS) is 22.1. The van der Waals surface area contributed by atoms with E-state index in [-0.39, 0.29) is 6.54 Å². The third-order valence-electron chi connectivity index (χ3n) is 4.55. The molecular formula is C18H18N2O4S. The van der Waals surface area contributed by atoms with E-state index >= 15 is 0 Å². The van der Waals surface area contributed by atoms with Gasteiger partial charge in [0, 0.05) is 17.7 Å². The number of amides is 1. The Morgan fingerprint density at radius 1 is 1.04 bits per heavy atom. The molecule has 2 aromatic rings. The van der Waals surface area contributed by atoms with Crippen LogP contribution < -0.4 is 4.31 Å². The summed E-state index contributed by atoms with van der Waals surface area (Å²) in [5.74, 6) is 0. The van der Waals surface area contributed by atoms with Crippen molar-refractivity contribution in [1.82, 2.24) is 4.90 Å². The van der Waals surface area contributed by atoms with Gasteiger partial charge < -0.3 is 10.0 Å². The van der Waals surface area contributed by atoms with E-state index in [2.05, 4.69) is 0 Å². The van der Waals surface area contributed by atoms with E-state index in [9.17, 15) is 19.0 Å². The molecule has 4 rings (SSSR count). The summed E-state index contributed by atoms with van der Waals surface area (Å²) < 4.78 is 23.7. The maximum atomic E-state index is 11.3. The van der Waals surface area contributed by atoms with Crippen molar-refractivity contribution in [3.63, 3.8) is 0 Å². The van der Waals surface area contributed by atoms with Gasteiger partial charge in [0.2, 0.25) is 0 Å². The van der Waals surface area contributed by atoms with E-state index < -0.39 is 22.9 Å². The number of carboxylic acid groups (broad SMARTS) is 1. The Labute approximate surface area is 147 Å². The molecule has 2 aliphatic rings. The minimum atomic E-state index is -3.28. The molecule has 2 aliphatic heterocycles. The van der Waals surface area contributed by atoms with Crippen LogP contribution in [0.4, 0.5) is 10.5 Å². The van der Waals surface area contributed by atoms with Crippen molar-refractivity contribution in [2.24, 2.45) is 0 Å². The first-order valence-electron chi connectivity index (χ1n) is 7.91. The van der Waals surface area contributed by atoms with Crippen molar-refractivity contribution in [1.29, 1.82) is 0 Å². The fourth-order valence-corrected chi connectivity index (χ4v) is 5.34. The van der Waals surface area contributed by atoms with Crippen molar-refractivity contribution in [3.8, 4) is 11.1 Å². The van der Waals surface area contributed by atoms with E-state index in [0.717, 1.165) is 11.1 Å². The first-order chi connectivity index (χ1) is 12.0. The summed E-state index contributed by atoms with van der Waals surface area (Å²) >= 11 is 0. The van der Waals surface area contributed by atoms with Crippen LogP contribution in [-0.2, 0) is 0 Å². The second-order valence-electron chi connectivity index (χ2n) is 6.04. The number of fused-ring (bicyclic) bond motifs is 3. The smallest absolute Gasteiger partial charge is 0.407 e. The van der Waals surface area contributed by atoms with Gasteiger partial charge in [-0.25, -0.2) is 4.79 Å². The maximum Gasteiger partial charge on any atom is 0.407 e. The van der Waals surface area contributed by atoms with Crippen LogP contribution in [0.2, 0.25) is 0 Å². The van der Waals surface area contributed by atoms with Gasteiger partial charge in [-0.15, -0.1) is 0 Å². The highest BCUT2D eigenvalue weighted by atomic mass is 32.3. The summed E-state index contributed by atoms with van der Waals surface area (Å²) in [7, 11) is -3.28. The Kier molecular flexibility index (Phi) is 3.72. The van der Waals surface area contributed by atoms with Gasteiger partial charge in [-0.05, 0) is 12.1 Å². The van der Waals surface area contributed by atoms with Crippen LogP contribution in [-0.4, -0.2) is 44.3 Å². The molecule has 2 heterocycles. The van der Waals surface area contributed by atoms with Crippen LogP contribution in [0.25, 0.3) is 11.1 Å². The average Bonchev–Trinajstić information content (AvgIpc) is 2.62. The molecule has 0 saturated heterocycles. The summed E-state index contributed by atoms with van der Waals surface area (Å²) in [5.41, 5.74) is 2.40. The number of para-hydroxylation sites is 1. The summed E-state index contributed by atoms with van der Waals surface area (Å²) in [6, 6.07) is 14.3. The van der Waals surface area contributed by atoms with Crippen molar-refractivity contribution in [3.05, 3.63) is 60.7 Å². The summed E-state index contributed by atoms with van der Waals surface area (Å²) in [4.78, 5) is 13.1. The van der Waals surface area contributed by atoms with Gasteiger partial charge in [0.05, 0.1) is 23.2 Å². The van der Waals surface area contributed by atoms with Crippen molar-refractivity contribution < 1.29 is 19.0 Å². The average molecular weight is 358 g/mol. The Balaban J connectivity index is 1.87. The largest absolute Gasteiger partial charge is 0.465 e. The van der Waals surface area contributed by atoms with Crippen LogP contribution >= 0.6 is 10.8 Å². The first kappa shape index (κ1) is 16.0. The maximum absolute atomic E-state index is 11.3. The Hall–Kier alpha value is -2.48. The molecule has 0 aliphatic carbocycles. The van der Waals surface area contributed by atoms with Gasteiger partial charge in [0.15, 0.2) is 0 Å². The van der Waals surface area contributed by atoms with Crippen molar-refractivity contribution in [2.75, 3.05) is 17.4 Å². The van der Waals surface area contributed by atoms with Gasteiger partial charge in [-0.1, -0.05) is 59.3 Å². The number of benzene rings is 2. The number of nitrogens with zero attached hydrogens (tertiary/aromatic N) is 2. The molecule has 130 valence electrons. The molecule has 0 aromatic heterocycles. The van der Waals surface area contributed by atoms with Crippen LogP contribution in [0.15, 0.2) is 65.6 Å². The molecule has 1 amide bonds. The van der Waals surface area contributed by atoms with Crippen molar-refractivity contribution in [2.45, 2.75) is 10.9 Å². The van der Waals surface area contributed by atoms with Crippen LogP contribution in [0, 0.1) is 0 Å². The fourth-order valence-electron chi connectivity index (χ4n) is 3.45. The first-order valence-corrected chi connectivity index (χ1v) is 9.41. The zero-order valence-electron chi connectivity index (χ0n) is 13.3. The molecule has 7 heteroatoms. The number of hydrogen-bond donors (Lipinski definition) is 3. The van der Waals surface area contributed by atoms with Crippen LogP contribution in [0.5, 0.6) is 0 Å². The second-order valence-corrected chi connectivity index (χ2v) is 7.91. The molecule has 3 N–H and O–H groups in total. The molecule has 0 saturated carbocycles. The summed E-state index contributed by atoms with van der Waals surface area (Å²) in [6.45, 7) is 0.481. The third-order valence-corrected chi connectivity index (χ3v) is 6.51. The SMILES string of the molecule is O=C(O)N1CC=C[C@@H](N2c3ccccc3-c3ccccc3S2(O)O)C1. The Morgan fingerprint density at radius 2 is 1.72 bits per heavy atom. The highest BCUT2D eigenvalue weighted by Crippen LogP contribution is 2.63. The molecule has 6 nitrogen and oxygen atoms in total. The number of hydrogen-bond acceptors (Lipinski definition) is 4. The molecule has 1 atom stereocenters. The molecule has 0 bridgehead atoms. The van der Waals surface area contributed by atoms with Crippen LogP contribution in [0.3, 0.4) is 0 Å². The van der Waals surface area contributed by atoms with E-state index in [1.54, 1.807) is 22.5 Å². The number of anilines is 1. The summed E-state index contributed by atoms with van der Waals surface area (Å²) in [6.07, 6.45) is 2.58. The minimum absolute atomic E-state index is 0.179. The zero-order chi connectivity index (χ0) is 17.6. The minimum Gasteiger partial charge on any atom is -0.465 e. The zero-order valence-corrected chi connectivity index (χ0v) is 14.1. The Morgan fingerprint density at radius 3 is 2.48 bits per heavy atom. The predicted octanol–water partition coefficient (Wildman–Crippen LogP) is 4.12. The standard InChI is InChI=1S/C18H18N2O4S/c21-18(22)19-11-5-6-13(12-19)20-16-9-3-1-7-14(16)15-8-2-4-10-17(15)25(20,23)24/h1-10,13,23-24H,11-12H2,(H,21,22)/t13-/m1/s1. The monoisotopic (exact) mass is 358 g/mol. The molecule has 2 aromatic carbocycles. The predicted molar refractivity (Wildman–Crippen MR) is 98.0 cm³/mol. The van der Waals surface area contributed by atoms with Gasteiger partial charge in [-0.2, -0.15) is 0 Å². The van der Waals surface area contributed by atoms with Crippen molar-refractivity contribution >= 4 is 22.6 Å². The molecule has 0 unspecified atom stereocenters.